The quantitative estimate of drug-likeness (QED) is 0.283. The Morgan fingerprint density at radius 1 is 1.32 bits per heavy atom. The summed E-state index contributed by atoms with van der Waals surface area (Å²) >= 11 is 1.55. The highest BCUT2D eigenvalue weighted by Gasteiger charge is 2.23. The molecular formula is C20H30FIN4OS. The smallest absolute Gasteiger partial charge is 0.191 e. The second-order valence-corrected chi connectivity index (χ2v) is 7.68. The standard InChI is InChI=1S/C20H29FN4OS.HI/c1-5-22-19(24-14-20(2,26)16-9-10-27-13-16)23-12-18(25(3)4)15-7-6-8-17(21)11-15;/h6-11,13,18,26H,5,12,14H2,1-4H3,(H2,22,23,24);1H. The Bertz CT molecular complexity index is 738. The monoisotopic (exact) mass is 520 g/mol. The number of aliphatic hydroxyl groups is 1. The summed E-state index contributed by atoms with van der Waals surface area (Å²) in [6, 6.07) is 8.53. The van der Waals surface area contributed by atoms with Gasteiger partial charge in [0, 0.05) is 13.1 Å². The summed E-state index contributed by atoms with van der Waals surface area (Å²) in [6.07, 6.45) is 0. The normalized spacial score (nSPS) is 14.9. The van der Waals surface area contributed by atoms with E-state index in [-0.39, 0.29) is 42.4 Å². The number of nitrogens with one attached hydrogen (secondary N) is 2. The lowest BCUT2D eigenvalue weighted by Crippen LogP contribution is -2.42. The van der Waals surface area contributed by atoms with Crippen molar-refractivity contribution in [1.29, 1.82) is 0 Å². The first-order valence-electron chi connectivity index (χ1n) is 9.02. The van der Waals surface area contributed by atoms with E-state index in [0.29, 0.717) is 19.0 Å². The zero-order chi connectivity index (χ0) is 19.9. The Hall–Kier alpha value is -1.23. The first-order valence-corrected chi connectivity index (χ1v) is 9.97. The molecular weight excluding hydrogens is 490 g/mol. The maximum absolute atomic E-state index is 13.6. The SMILES string of the molecule is CCNC(=NCC(C)(O)c1ccsc1)NCC(c1cccc(F)c1)N(C)C.I. The average Bonchev–Trinajstić information content (AvgIpc) is 3.15. The zero-order valence-electron chi connectivity index (χ0n) is 16.8. The van der Waals surface area contributed by atoms with Crippen molar-refractivity contribution in [2.75, 3.05) is 33.7 Å². The zero-order valence-corrected chi connectivity index (χ0v) is 19.9. The highest BCUT2D eigenvalue weighted by molar-refractivity contribution is 14.0. The van der Waals surface area contributed by atoms with Crippen LogP contribution in [0.15, 0.2) is 46.1 Å². The summed E-state index contributed by atoms with van der Waals surface area (Å²) < 4.78 is 13.6. The molecule has 8 heteroatoms. The molecule has 0 radical (unpaired) electrons. The van der Waals surface area contributed by atoms with Gasteiger partial charge < -0.3 is 20.6 Å². The molecule has 0 spiro atoms. The van der Waals surface area contributed by atoms with E-state index in [1.54, 1.807) is 30.4 Å². The summed E-state index contributed by atoms with van der Waals surface area (Å²) in [5.41, 5.74) is 0.734. The third-order valence-electron chi connectivity index (χ3n) is 4.35. The fourth-order valence-electron chi connectivity index (χ4n) is 2.74. The van der Waals surface area contributed by atoms with Gasteiger partial charge in [-0.1, -0.05) is 12.1 Å². The van der Waals surface area contributed by atoms with Crippen LogP contribution in [0.4, 0.5) is 4.39 Å². The van der Waals surface area contributed by atoms with Crippen molar-refractivity contribution < 1.29 is 9.50 Å². The number of thiophene rings is 1. The molecule has 1 aromatic heterocycles. The lowest BCUT2D eigenvalue weighted by Gasteiger charge is -2.26. The maximum atomic E-state index is 13.6. The number of halogens is 2. The molecule has 0 saturated heterocycles. The Labute approximate surface area is 188 Å². The van der Waals surface area contributed by atoms with Gasteiger partial charge >= 0.3 is 0 Å². The van der Waals surface area contributed by atoms with Crippen LogP contribution in [0.5, 0.6) is 0 Å². The molecule has 28 heavy (non-hydrogen) atoms. The van der Waals surface area contributed by atoms with Gasteiger partial charge in [-0.2, -0.15) is 11.3 Å². The van der Waals surface area contributed by atoms with Crippen molar-refractivity contribution in [2.45, 2.75) is 25.5 Å². The van der Waals surface area contributed by atoms with Gasteiger partial charge in [0.15, 0.2) is 5.96 Å². The van der Waals surface area contributed by atoms with Gasteiger partial charge in [0.05, 0.1) is 12.6 Å². The Kier molecular flexibility index (Phi) is 10.4. The second kappa shape index (κ2) is 11.7. The Morgan fingerprint density at radius 3 is 2.64 bits per heavy atom. The summed E-state index contributed by atoms with van der Waals surface area (Å²) in [5, 5.41) is 21.0. The van der Waals surface area contributed by atoms with E-state index in [2.05, 4.69) is 15.6 Å². The molecule has 0 fully saturated rings. The highest BCUT2D eigenvalue weighted by Crippen LogP contribution is 2.23. The lowest BCUT2D eigenvalue weighted by molar-refractivity contribution is 0.0677. The summed E-state index contributed by atoms with van der Waals surface area (Å²) in [7, 11) is 3.92. The van der Waals surface area contributed by atoms with Crippen LogP contribution in [0.1, 0.15) is 31.0 Å². The van der Waals surface area contributed by atoms with Crippen molar-refractivity contribution in [3.63, 3.8) is 0 Å². The van der Waals surface area contributed by atoms with Gasteiger partial charge in [-0.3, -0.25) is 0 Å². The molecule has 2 aromatic rings. The molecule has 2 atom stereocenters. The molecule has 2 rings (SSSR count). The Balaban J connectivity index is 0.00000392. The van der Waals surface area contributed by atoms with Crippen LogP contribution in [0.2, 0.25) is 0 Å². The molecule has 0 bridgehead atoms. The van der Waals surface area contributed by atoms with Gasteiger partial charge in [-0.15, -0.1) is 24.0 Å². The van der Waals surface area contributed by atoms with E-state index in [1.807, 2.05) is 48.8 Å². The maximum Gasteiger partial charge on any atom is 0.191 e. The molecule has 3 N–H and O–H groups in total. The fraction of sp³-hybridized carbons (Fsp3) is 0.450. The van der Waals surface area contributed by atoms with Crippen LogP contribution < -0.4 is 10.6 Å². The van der Waals surface area contributed by atoms with Crippen LogP contribution >= 0.6 is 35.3 Å². The average molecular weight is 520 g/mol. The predicted molar refractivity (Wildman–Crippen MR) is 126 cm³/mol. The number of benzene rings is 1. The third kappa shape index (κ3) is 7.31. The van der Waals surface area contributed by atoms with Crippen molar-refractivity contribution in [3.8, 4) is 0 Å². The van der Waals surface area contributed by atoms with Gasteiger partial charge in [-0.05, 0) is 68.0 Å². The molecule has 0 aliphatic carbocycles. The van der Waals surface area contributed by atoms with Gasteiger partial charge in [0.2, 0.25) is 0 Å². The number of nitrogens with zero attached hydrogens (tertiary/aromatic N) is 2. The van der Waals surface area contributed by atoms with Gasteiger partial charge in [0.25, 0.3) is 0 Å². The molecule has 0 saturated carbocycles. The molecule has 0 aliphatic rings. The number of hydrogen-bond acceptors (Lipinski definition) is 4. The lowest BCUT2D eigenvalue weighted by atomic mass is 10.00. The van der Waals surface area contributed by atoms with E-state index in [4.69, 9.17) is 0 Å². The molecule has 1 heterocycles. The third-order valence-corrected chi connectivity index (χ3v) is 5.04. The molecule has 0 amide bonds. The Morgan fingerprint density at radius 2 is 2.07 bits per heavy atom. The number of guanidine groups is 1. The number of rotatable bonds is 8. The van der Waals surface area contributed by atoms with E-state index in [9.17, 15) is 9.50 Å². The second-order valence-electron chi connectivity index (χ2n) is 6.90. The van der Waals surface area contributed by atoms with Crippen LogP contribution in [0, 0.1) is 5.82 Å². The summed E-state index contributed by atoms with van der Waals surface area (Å²) in [5.74, 6) is 0.378. The fourth-order valence-corrected chi connectivity index (χ4v) is 3.53. The van der Waals surface area contributed by atoms with Gasteiger partial charge in [-0.25, -0.2) is 9.38 Å². The minimum atomic E-state index is -1.02. The number of likely N-dealkylation sites (N-methyl/N-ethyl adjacent to an activating group) is 1. The van der Waals surface area contributed by atoms with E-state index >= 15 is 0 Å². The van der Waals surface area contributed by atoms with Crippen molar-refractivity contribution in [1.82, 2.24) is 15.5 Å². The molecule has 2 unspecified atom stereocenters. The number of hydrogen-bond donors (Lipinski definition) is 3. The topological polar surface area (TPSA) is 59.9 Å². The van der Waals surface area contributed by atoms with Crippen LogP contribution in [0.25, 0.3) is 0 Å². The van der Waals surface area contributed by atoms with Crippen LogP contribution in [0.3, 0.4) is 0 Å². The van der Waals surface area contributed by atoms with E-state index in [1.165, 1.54) is 6.07 Å². The van der Waals surface area contributed by atoms with Crippen molar-refractivity contribution in [2.24, 2.45) is 4.99 Å². The highest BCUT2D eigenvalue weighted by atomic mass is 127. The summed E-state index contributed by atoms with van der Waals surface area (Å²) in [4.78, 5) is 6.57. The number of aliphatic imine (C=N–C) groups is 1. The first-order chi connectivity index (χ1) is 12.8. The van der Waals surface area contributed by atoms with Crippen molar-refractivity contribution in [3.05, 3.63) is 58.0 Å². The van der Waals surface area contributed by atoms with Gasteiger partial charge in [0.1, 0.15) is 11.4 Å². The minimum Gasteiger partial charge on any atom is -0.383 e. The molecule has 1 aromatic carbocycles. The molecule has 156 valence electrons. The van der Waals surface area contributed by atoms with E-state index < -0.39 is 5.60 Å². The first kappa shape index (κ1) is 24.8. The summed E-state index contributed by atoms with van der Waals surface area (Å²) in [6.45, 7) is 5.26. The molecule has 0 aliphatic heterocycles. The minimum absolute atomic E-state index is 0. The van der Waals surface area contributed by atoms with Crippen molar-refractivity contribution >= 4 is 41.3 Å². The largest absolute Gasteiger partial charge is 0.383 e. The van der Waals surface area contributed by atoms with Crippen LogP contribution in [-0.4, -0.2) is 49.7 Å². The van der Waals surface area contributed by atoms with Crippen LogP contribution in [-0.2, 0) is 5.60 Å². The predicted octanol–water partition coefficient (Wildman–Crippen LogP) is 3.57. The molecule has 5 nitrogen and oxygen atoms in total. The van der Waals surface area contributed by atoms with E-state index in [0.717, 1.165) is 11.1 Å².